The highest BCUT2D eigenvalue weighted by atomic mass is 32.2. The standard InChI is InChI=1S/C23H17N3O3S/c27-15-5-7-18-11-13-23-21(16-18)22(12-10-19-6-4-14-24-17-19)25-26(23)30(28,29)20-8-2-1-3-9-20/h1-4,6,8-14,16-17,27H,15H2. The maximum atomic E-state index is 13.2. The molecule has 2 aromatic heterocycles. The van der Waals surface area contributed by atoms with Crippen LogP contribution < -0.4 is 0 Å². The van der Waals surface area contributed by atoms with Crippen LogP contribution in [0.1, 0.15) is 16.8 Å². The normalized spacial score (nSPS) is 11.5. The number of aliphatic hydroxyl groups excluding tert-OH is 1. The smallest absolute Gasteiger partial charge is 0.283 e. The van der Waals surface area contributed by atoms with E-state index in [0.717, 1.165) is 9.65 Å². The minimum Gasteiger partial charge on any atom is -0.384 e. The van der Waals surface area contributed by atoms with Crippen LogP contribution in [0.15, 0.2) is 78.0 Å². The van der Waals surface area contributed by atoms with E-state index in [1.54, 1.807) is 54.9 Å². The Balaban J connectivity index is 1.90. The van der Waals surface area contributed by atoms with Crippen molar-refractivity contribution in [3.8, 4) is 11.8 Å². The Morgan fingerprint density at radius 1 is 1.03 bits per heavy atom. The fourth-order valence-corrected chi connectivity index (χ4v) is 4.30. The number of rotatable bonds is 4. The zero-order valence-corrected chi connectivity index (χ0v) is 16.6. The van der Waals surface area contributed by atoms with Crippen molar-refractivity contribution in [3.05, 3.63) is 89.9 Å². The van der Waals surface area contributed by atoms with Gasteiger partial charge in [-0.05, 0) is 48.0 Å². The first-order valence-electron chi connectivity index (χ1n) is 9.11. The molecule has 0 unspecified atom stereocenters. The summed E-state index contributed by atoms with van der Waals surface area (Å²) in [6.45, 7) is -0.256. The van der Waals surface area contributed by atoms with E-state index in [2.05, 4.69) is 21.9 Å². The summed E-state index contributed by atoms with van der Waals surface area (Å²) < 4.78 is 27.4. The van der Waals surface area contributed by atoms with Gasteiger partial charge in [-0.15, -0.1) is 0 Å². The molecule has 7 heteroatoms. The van der Waals surface area contributed by atoms with Crippen LogP contribution in [-0.2, 0) is 10.0 Å². The molecular weight excluding hydrogens is 398 g/mol. The summed E-state index contributed by atoms with van der Waals surface area (Å²) in [7, 11) is -3.87. The fraction of sp³-hybridized carbons (Fsp3) is 0.0435. The second kappa shape index (κ2) is 8.33. The maximum absolute atomic E-state index is 13.2. The Morgan fingerprint density at radius 2 is 1.87 bits per heavy atom. The first-order valence-corrected chi connectivity index (χ1v) is 10.5. The van der Waals surface area contributed by atoms with Crippen LogP contribution >= 0.6 is 0 Å². The molecule has 0 radical (unpaired) electrons. The average molecular weight is 415 g/mol. The van der Waals surface area contributed by atoms with Crippen LogP contribution in [0.2, 0.25) is 0 Å². The van der Waals surface area contributed by atoms with Crippen molar-refractivity contribution < 1.29 is 13.5 Å². The van der Waals surface area contributed by atoms with Crippen LogP contribution in [0.4, 0.5) is 0 Å². The van der Waals surface area contributed by atoms with E-state index in [9.17, 15) is 8.42 Å². The van der Waals surface area contributed by atoms with Gasteiger partial charge in [0.15, 0.2) is 0 Å². The van der Waals surface area contributed by atoms with Gasteiger partial charge < -0.3 is 5.11 Å². The molecule has 0 bridgehead atoms. The molecule has 0 atom stereocenters. The molecule has 0 aliphatic carbocycles. The highest BCUT2D eigenvalue weighted by molar-refractivity contribution is 7.90. The molecule has 0 aliphatic heterocycles. The largest absolute Gasteiger partial charge is 0.384 e. The quantitative estimate of drug-likeness (QED) is 0.518. The average Bonchev–Trinajstić information content (AvgIpc) is 3.16. The van der Waals surface area contributed by atoms with Gasteiger partial charge in [-0.25, -0.2) is 0 Å². The molecule has 0 aliphatic rings. The Hall–Kier alpha value is -3.73. The third-order valence-electron chi connectivity index (χ3n) is 4.38. The van der Waals surface area contributed by atoms with Crippen molar-refractivity contribution in [2.75, 3.05) is 6.61 Å². The first kappa shape index (κ1) is 19.6. The van der Waals surface area contributed by atoms with E-state index >= 15 is 0 Å². The number of pyridine rings is 1. The lowest BCUT2D eigenvalue weighted by atomic mass is 10.1. The molecule has 2 aromatic carbocycles. The molecule has 6 nitrogen and oxygen atoms in total. The third-order valence-corrected chi connectivity index (χ3v) is 5.98. The molecule has 4 aromatic rings. The van der Waals surface area contributed by atoms with Gasteiger partial charge in [0, 0.05) is 23.3 Å². The molecule has 1 N–H and O–H groups in total. The highest BCUT2D eigenvalue weighted by Gasteiger charge is 2.22. The monoisotopic (exact) mass is 415 g/mol. The van der Waals surface area contributed by atoms with E-state index in [0.29, 0.717) is 22.2 Å². The molecule has 0 fully saturated rings. The molecular formula is C23H17N3O3S. The number of benzene rings is 2. The lowest BCUT2D eigenvalue weighted by molar-refractivity contribution is 0.350. The lowest BCUT2D eigenvalue weighted by Gasteiger charge is -2.05. The van der Waals surface area contributed by atoms with E-state index in [1.807, 2.05) is 18.2 Å². The predicted molar refractivity (Wildman–Crippen MR) is 116 cm³/mol. The maximum Gasteiger partial charge on any atom is 0.283 e. The number of aromatic nitrogens is 3. The van der Waals surface area contributed by atoms with Gasteiger partial charge >= 0.3 is 0 Å². The summed E-state index contributed by atoms with van der Waals surface area (Å²) in [5.74, 6) is 5.45. The first-order chi connectivity index (χ1) is 14.6. The zero-order chi connectivity index (χ0) is 21.0. The van der Waals surface area contributed by atoms with Crippen molar-refractivity contribution in [1.29, 1.82) is 0 Å². The van der Waals surface area contributed by atoms with Gasteiger partial charge in [0.25, 0.3) is 10.0 Å². The van der Waals surface area contributed by atoms with Crippen molar-refractivity contribution >= 4 is 33.1 Å². The number of fused-ring (bicyclic) bond motifs is 1. The van der Waals surface area contributed by atoms with Gasteiger partial charge in [0.1, 0.15) is 6.61 Å². The van der Waals surface area contributed by atoms with Gasteiger partial charge in [-0.1, -0.05) is 42.2 Å². The van der Waals surface area contributed by atoms with Crippen molar-refractivity contribution in [1.82, 2.24) is 14.2 Å². The number of hydrogen-bond acceptors (Lipinski definition) is 5. The van der Waals surface area contributed by atoms with Crippen molar-refractivity contribution in [2.45, 2.75) is 4.90 Å². The topological polar surface area (TPSA) is 85.1 Å². The second-order valence-corrected chi connectivity index (χ2v) is 8.13. The molecule has 0 saturated heterocycles. The molecule has 0 amide bonds. The Labute approximate surface area is 174 Å². The van der Waals surface area contributed by atoms with E-state index in [1.165, 1.54) is 12.1 Å². The molecule has 0 saturated carbocycles. The predicted octanol–water partition coefficient (Wildman–Crippen LogP) is 3.18. The van der Waals surface area contributed by atoms with Gasteiger partial charge in [-0.2, -0.15) is 17.6 Å². The van der Waals surface area contributed by atoms with Crippen LogP contribution in [0.25, 0.3) is 23.1 Å². The van der Waals surface area contributed by atoms with Gasteiger partial charge in [0.2, 0.25) is 0 Å². The summed E-state index contributed by atoms with van der Waals surface area (Å²) in [6, 6.07) is 17.0. The van der Waals surface area contributed by atoms with E-state index < -0.39 is 10.0 Å². The Morgan fingerprint density at radius 3 is 2.60 bits per heavy atom. The van der Waals surface area contributed by atoms with Crippen molar-refractivity contribution in [3.63, 3.8) is 0 Å². The fourth-order valence-electron chi connectivity index (χ4n) is 2.98. The molecule has 0 spiro atoms. The summed E-state index contributed by atoms with van der Waals surface area (Å²) in [5.41, 5.74) is 2.45. The number of nitrogens with zero attached hydrogens (tertiary/aromatic N) is 3. The van der Waals surface area contributed by atoms with E-state index in [4.69, 9.17) is 5.11 Å². The second-order valence-electron chi connectivity index (χ2n) is 6.36. The Bertz CT molecular complexity index is 1380. The third kappa shape index (κ3) is 3.87. The van der Waals surface area contributed by atoms with Gasteiger partial charge in [-0.3, -0.25) is 4.98 Å². The molecule has 2 heterocycles. The van der Waals surface area contributed by atoms with Crippen LogP contribution in [-0.4, -0.2) is 34.3 Å². The molecule has 30 heavy (non-hydrogen) atoms. The van der Waals surface area contributed by atoms with E-state index in [-0.39, 0.29) is 11.5 Å². The van der Waals surface area contributed by atoms with Crippen LogP contribution in [0.3, 0.4) is 0 Å². The SMILES string of the molecule is O=S(=O)(c1ccccc1)n1nc(C=Cc2cccnc2)c2cc(C#CCO)ccc21. The number of aliphatic hydroxyl groups is 1. The minimum absolute atomic E-state index is 0.154. The highest BCUT2D eigenvalue weighted by Crippen LogP contribution is 2.26. The minimum atomic E-state index is -3.87. The summed E-state index contributed by atoms with van der Waals surface area (Å²) >= 11 is 0. The molecule has 4 rings (SSSR count). The van der Waals surface area contributed by atoms with Gasteiger partial charge in [0.05, 0.1) is 16.1 Å². The lowest BCUT2D eigenvalue weighted by Crippen LogP contribution is -2.14. The summed E-state index contributed by atoms with van der Waals surface area (Å²) in [5, 5.41) is 14.0. The zero-order valence-electron chi connectivity index (χ0n) is 15.8. The molecule has 148 valence electrons. The number of hydrogen-bond donors (Lipinski definition) is 1. The van der Waals surface area contributed by atoms with Crippen LogP contribution in [0.5, 0.6) is 0 Å². The van der Waals surface area contributed by atoms with Crippen LogP contribution in [0, 0.1) is 11.8 Å². The van der Waals surface area contributed by atoms with Crippen molar-refractivity contribution in [2.24, 2.45) is 0 Å². The Kier molecular flexibility index (Phi) is 5.44. The summed E-state index contributed by atoms with van der Waals surface area (Å²) in [6.07, 6.45) is 6.95. The summed E-state index contributed by atoms with van der Waals surface area (Å²) in [4.78, 5) is 4.23.